The van der Waals surface area contributed by atoms with Crippen LogP contribution in [0.15, 0.2) is 17.2 Å². The zero-order valence-electron chi connectivity index (χ0n) is 13.6. The van der Waals surface area contributed by atoms with Crippen molar-refractivity contribution in [1.82, 2.24) is 5.43 Å². The average molecular weight is 369 g/mol. The van der Waals surface area contributed by atoms with Crippen molar-refractivity contribution in [3.8, 4) is 11.5 Å². The van der Waals surface area contributed by atoms with E-state index in [9.17, 15) is 23.1 Å². The van der Waals surface area contributed by atoms with E-state index in [1.807, 2.05) is 0 Å². The van der Waals surface area contributed by atoms with Crippen LogP contribution in [0.3, 0.4) is 0 Å². The normalized spacial score (nSPS) is 18.9. The molecular weight excluding hydrogens is 352 g/mol. The van der Waals surface area contributed by atoms with Gasteiger partial charge in [0.25, 0.3) is 0 Å². The molecule has 1 aliphatic rings. The third-order valence-electron chi connectivity index (χ3n) is 3.76. The minimum Gasteiger partial charge on any atom is -0.545 e. The monoisotopic (exact) mass is 369 g/mol. The molecule has 1 aromatic carbocycles. The lowest BCUT2D eigenvalue weighted by molar-refractivity contribution is -0.255. The number of nitrogens with one attached hydrogen (secondary N) is 1. The van der Waals surface area contributed by atoms with Crippen molar-refractivity contribution >= 4 is 27.9 Å². The van der Waals surface area contributed by atoms with Crippen molar-refractivity contribution in [2.45, 2.75) is 6.42 Å². The molecule has 0 spiro atoms. The fourth-order valence-electron chi connectivity index (χ4n) is 2.52. The van der Waals surface area contributed by atoms with Crippen LogP contribution in [0, 0.1) is 5.92 Å². The van der Waals surface area contributed by atoms with Crippen molar-refractivity contribution in [3.05, 3.63) is 23.3 Å². The molecule has 0 aliphatic carbocycles. The smallest absolute Gasteiger partial charge is 0.244 e. The van der Waals surface area contributed by atoms with Gasteiger partial charge in [-0.25, -0.2) is 13.8 Å². The molecule has 2 rings (SSSR count). The van der Waals surface area contributed by atoms with Crippen LogP contribution in [0.1, 0.15) is 22.3 Å². The largest absolute Gasteiger partial charge is 0.545 e. The zero-order valence-corrected chi connectivity index (χ0v) is 14.5. The maximum atomic E-state index is 11.9. The summed E-state index contributed by atoms with van der Waals surface area (Å²) in [6, 6.07) is 2.90. The Kier molecular flexibility index (Phi) is 5.62. The molecule has 1 saturated heterocycles. The van der Waals surface area contributed by atoms with Crippen molar-refractivity contribution in [2.24, 2.45) is 11.0 Å². The number of carboxylic acid groups (broad SMARTS) is 1. The van der Waals surface area contributed by atoms with Crippen LogP contribution in [0.4, 0.5) is 0 Å². The van der Waals surface area contributed by atoms with Gasteiger partial charge in [-0.1, -0.05) is 0 Å². The second kappa shape index (κ2) is 7.51. The number of hydrogen-bond acceptors (Lipinski definition) is 8. The standard InChI is InChI=1S/C15H18N2O7S/c1-23-11-4-3-9(12(15(19)20)13(11)24-2)7-16-17-14(18)10-5-6-25(21,22)8-10/h3-4,7,10H,5-6,8H2,1-2H3,(H,17,18)(H,19,20)/p-1/b16-7-/t10-/m1/s1. The maximum absolute atomic E-state index is 11.9. The lowest BCUT2D eigenvalue weighted by Crippen LogP contribution is -2.28. The molecule has 0 radical (unpaired) electrons. The van der Waals surface area contributed by atoms with Crippen LogP contribution in [-0.2, 0) is 14.6 Å². The van der Waals surface area contributed by atoms with Crippen LogP contribution in [0.2, 0.25) is 0 Å². The van der Waals surface area contributed by atoms with Crippen LogP contribution in [0.25, 0.3) is 0 Å². The van der Waals surface area contributed by atoms with Crippen LogP contribution in [0.5, 0.6) is 11.5 Å². The Morgan fingerprint density at radius 3 is 2.56 bits per heavy atom. The highest BCUT2D eigenvalue weighted by molar-refractivity contribution is 7.91. The Hall–Kier alpha value is -2.62. The summed E-state index contributed by atoms with van der Waals surface area (Å²) in [4.78, 5) is 23.3. The van der Waals surface area contributed by atoms with E-state index in [2.05, 4.69) is 10.5 Å². The molecule has 10 heteroatoms. The van der Waals surface area contributed by atoms with E-state index < -0.39 is 27.6 Å². The molecule has 0 aromatic heterocycles. The lowest BCUT2D eigenvalue weighted by atomic mass is 10.1. The number of benzene rings is 1. The van der Waals surface area contributed by atoms with Gasteiger partial charge in [0.05, 0.1) is 49.4 Å². The number of carbonyl (C=O) groups excluding carboxylic acids is 2. The highest BCUT2D eigenvalue weighted by atomic mass is 32.2. The molecule has 1 N–H and O–H groups in total. The van der Waals surface area contributed by atoms with E-state index in [1.165, 1.54) is 26.4 Å². The third-order valence-corrected chi connectivity index (χ3v) is 5.53. The van der Waals surface area contributed by atoms with Gasteiger partial charge in [-0.2, -0.15) is 5.10 Å². The van der Waals surface area contributed by atoms with E-state index in [0.717, 1.165) is 6.21 Å². The molecule has 25 heavy (non-hydrogen) atoms. The lowest BCUT2D eigenvalue weighted by Gasteiger charge is -2.15. The zero-order chi connectivity index (χ0) is 18.6. The molecular formula is C15H17N2O7S-. The molecule has 0 bridgehead atoms. The summed E-state index contributed by atoms with van der Waals surface area (Å²) in [5.74, 6) is -2.75. The number of ether oxygens (including phenoxy) is 2. The molecule has 0 saturated carbocycles. The summed E-state index contributed by atoms with van der Waals surface area (Å²) in [6.07, 6.45) is 1.36. The Balaban J connectivity index is 2.18. The molecule has 1 fully saturated rings. The van der Waals surface area contributed by atoms with Gasteiger partial charge >= 0.3 is 0 Å². The Morgan fingerprint density at radius 2 is 2.04 bits per heavy atom. The summed E-state index contributed by atoms with van der Waals surface area (Å²) in [5.41, 5.74) is 2.09. The molecule has 9 nitrogen and oxygen atoms in total. The van der Waals surface area contributed by atoms with Gasteiger partial charge < -0.3 is 19.4 Å². The molecule has 1 heterocycles. The minimum absolute atomic E-state index is 0.0281. The van der Waals surface area contributed by atoms with Gasteiger partial charge in [-0.05, 0) is 18.6 Å². The SMILES string of the molecule is COc1ccc(/C=N\NC(=O)[C@@H]2CCS(=O)(=O)C2)c(C(=O)[O-])c1OC. The fourth-order valence-corrected chi connectivity index (χ4v) is 4.26. The quantitative estimate of drug-likeness (QED) is 0.499. The van der Waals surface area contributed by atoms with Crippen LogP contribution < -0.4 is 20.0 Å². The highest BCUT2D eigenvalue weighted by Crippen LogP contribution is 2.32. The minimum atomic E-state index is -3.18. The number of sulfone groups is 1. The predicted octanol–water partition coefficient (Wildman–Crippen LogP) is -1.05. The molecule has 1 aliphatic heterocycles. The van der Waals surface area contributed by atoms with Gasteiger partial charge in [0.15, 0.2) is 21.3 Å². The summed E-state index contributed by atoms with van der Waals surface area (Å²) in [5, 5.41) is 15.1. The van der Waals surface area contributed by atoms with E-state index in [1.54, 1.807) is 0 Å². The van der Waals surface area contributed by atoms with E-state index in [-0.39, 0.29) is 40.6 Å². The summed E-state index contributed by atoms with van der Waals surface area (Å²) in [6.45, 7) is 0. The van der Waals surface area contributed by atoms with Gasteiger partial charge in [0.2, 0.25) is 5.91 Å². The van der Waals surface area contributed by atoms with Gasteiger partial charge in [0, 0.05) is 5.56 Å². The van der Waals surface area contributed by atoms with E-state index in [4.69, 9.17) is 9.47 Å². The van der Waals surface area contributed by atoms with Crippen molar-refractivity contribution in [3.63, 3.8) is 0 Å². The first-order valence-electron chi connectivity index (χ1n) is 7.28. The summed E-state index contributed by atoms with van der Waals surface area (Å²) >= 11 is 0. The second-order valence-corrected chi connectivity index (χ2v) is 7.62. The number of aromatic carboxylic acids is 1. The number of carboxylic acids is 1. The molecule has 0 unspecified atom stereocenters. The van der Waals surface area contributed by atoms with Crippen LogP contribution >= 0.6 is 0 Å². The number of hydrogen-bond donors (Lipinski definition) is 1. The molecule has 1 amide bonds. The number of hydrazone groups is 1. The second-order valence-electron chi connectivity index (χ2n) is 5.39. The number of rotatable bonds is 6. The highest BCUT2D eigenvalue weighted by Gasteiger charge is 2.32. The predicted molar refractivity (Wildman–Crippen MR) is 86.4 cm³/mol. The third kappa shape index (κ3) is 4.27. The average Bonchev–Trinajstić information content (AvgIpc) is 2.93. The van der Waals surface area contributed by atoms with Crippen LogP contribution in [-0.4, -0.2) is 52.2 Å². The molecule has 1 atom stereocenters. The van der Waals surface area contributed by atoms with Crippen molar-refractivity contribution in [1.29, 1.82) is 0 Å². The topological polar surface area (TPSA) is 134 Å². The van der Waals surface area contributed by atoms with E-state index >= 15 is 0 Å². The van der Waals surface area contributed by atoms with Gasteiger partial charge in [-0.3, -0.25) is 4.79 Å². The first-order valence-corrected chi connectivity index (χ1v) is 9.11. The first kappa shape index (κ1) is 18.7. The molecule has 1 aromatic rings. The molecule has 136 valence electrons. The number of carbonyl (C=O) groups is 2. The number of nitrogens with zero attached hydrogens (tertiary/aromatic N) is 1. The van der Waals surface area contributed by atoms with Gasteiger partial charge in [0.1, 0.15) is 0 Å². The number of methoxy groups -OCH3 is 2. The number of amides is 1. The Morgan fingerprint density at radius 1 is 1.32 bits per heavy atom. The van der Waals surface area contributed by atoms with Crippen molar-refractivity contribution in [2.75, 3.05) is 25.7 Å². The van der Waals surface area contributed by atoms with Gasteiger partial charge in [-0.15, -0.1) is 0 Å². The first-order chi connectivity index (χ1) is 11.8. The summed E-state index contributed by atoms with van der Waals surface area (Å²) in [7, 11) is -0.535. The van der Waals surface area contributed by atoms with Crippen molar-refractivity contribution < 1.29 is 32.6 Å². The Labute approximate surface area is 144 Å². The maximum Gasteiger partial charge on any atom is 0.244 e. The van der Waals surface area contributed by atoms with E-state index in [0.29, 0.717) is 0 Å². The fraction of sp³-hybridized carbons (Fsp3) is 0.400. The Bertz CT molecular complexity index is 817. The summed E-state index contributed by atoms with van der Waals surface area (Å²) < 4.78 is 32.8.